The standard InChI is InChI=1S/C14H19ClN2O/c15-12-7-5-11(6-8-12)13-3-2-10-17(13)14(18)4-1-9-16/h5-8,13H,1-4,9-10,16H2. The SMILES string of the molecule is NCCCC(=O)N1CCCC1c1ccc(Cl)cc1. The molecule has 0 aliphatic carbocycles. The van der Waals surface area contributed by atoms with Crippen LogP contribution in [0.5, 0.6) is 0 Å². The summed E-state index contributed by atoms with van der Waals surface area (Å²) in [5.41, 5.74) is 6.63. The lowest BCUT2D eigenvalue weighted by atomic mass is 10.0. The number of likely N-dealkylation sites (tertiary alicyclic amines) is 1. The monoisotopic (exact) mass is 266 g/mol. The van der Waals surface area contributed by atoms with Crippen molar-refractivity contribution in [3.8, 4) is 0 Å². The smallest absolute Gasteiger partial charge is 0.223 e. The lowest BCUT2D eigenvalue weighted by molar-refractivity contribution is -0.132. The third-order valence-corrected chi connectivity index (χ3v) is 3.67. The molecule has 1 aromatic carbocycles. The Labute approximate surface area is 113 Å². The van der Waals surface area contributed by atoms with Gasteiger partial charge in [-0.3, -0.25) is 4.79 Å². The summed E-state index contributed by atoms with van der Waals surface area (Å²) in [6.07, 6.45) is 3.43. The summed E-state index contributed by atoms with van der Waals surface area (Å²) in [6, 6.07) is 8.02. The molecule has 18 heavy (non-hydrogen) atoms. The number of hydrogen-bond acceptors (Lipinski definition) is 2. The molecule has 3 nitrogen and oxygen atoms in total. The molecule has 0 spiro atoms. The highest BCUT2D eigenvalue weighted by Gasteiger charge is 2.29. The van der Waals surface area contributed by atoms with E-state index in [0.29, 0.717) is 13.0 Å². The van der Waals surface area contributed by atoms with Crippen molar-refractivity contribution in [3.63, 3.8) is 0 Å². The van der Waals surface area contributed by atoms with Crippen molar-refractivity contribution in [2.24, 2.45) is 5.73 Å². The van der Waals surface area contributed by atoms with E-state index >= 15 is 0 Å². The molecule has 0 aromatic heterocycles. The van der Waals surface area contributed by atoms with Crippen molar-refractivity contribution < 1.29 is 4.79 Å². The zero-order valence-corrected chi connectivity index (χ0v) is 11.2. The van der Waals surface area contributed by atoms with Crippen molar-refractivity contribution in [2.45, 2.75) is 31.7 Å². The second-order valence-corrected chi connectivity index (χ2v) is 5.13. The summed E-state index contributed by atoms with van der Waals surface area (Å²) < 4.78 is 0. The van der Waals surface area contributed by atoms with E-state index in [9.17, 15) is 4.79 Å². The van der Waals surface area contributed by atoms with Crippen molar-refractivity contribution in [2.75, 3.05) is 13.1 Å². The Kier molecular flexibility index (Phi) is 4.61. The lowest BCUT2D eigenvalue weighted by Crippen LogP contribution is -2.30. The average Bonchev–Trinajstić information content (AvgIpc) is 2.86. The third kappa shape index (κ3) is 3.03. The largest absolute Gasteiger partial charge is 0.336 e. The predicted octanol–water partition coefficient (Wildman–Crippen LogP) is 2.74. The molecule has 0 radical (unpaired) electrons. The number of amides is 1. The molecule has 1 unspecified atom stereocenters. The third-order valence-electron chi connectivity index (χ3n) is 3.42. The highest BCUT2D eigenvalue weighted by atomic mass is 35.5. The molecule has 2 rings (SSSR count). The molecule has 1 amide bonds. The van der Waals surface area contributed by atoms with E-state index in [4.69, 9.17) is 17.3 Å². The van der Waals surface area contributed by atoms with Crippen LogP contribution in [0.4, 0.5) is 0 Å². The molecular weight excluding hydrogens is 248 g/mol. The van der Waals surface area contributed by atoms with Gasteiger partial charge in [0.25, 0.3) is 0 Å². The van der Waals surface area contributed by atoms with Gasteiger partial charge in [0.05, 0.1) is 6.04 Å². The molecule has 1 fully saturated rings. The maximum Gasteiger partial charge on any atom is 0.223 e. The van der Waals surface area contributed by atoms with Gasteiger partial charge in [-0.15, -0.1) is 0 Å². The molecule has 2 N–H and O–H groups in total. The minimum Gasteiger partial charge on any atom is -0.336 e. The van der Waals surface area contributed by atoms with Crippen LogP contribution in [0.25, 0.3) is 0 Å². The van der Waals surface area contributed by atoms with Crippen molar-refractivity contribution in [1.82, 2.24) is 4.90 Å². The maximum atomic E-state index is 12.1. The number of carbonyl (C=O) groups is 1. The molecule has 1 saturated heterocycles. The van der Waals surface area contributed by atoms with Crippen LogP contribution in [-0.2, 0) is 4.79 Å². The topological polar surface area (TPSA) is 46.3 Å². The Morgan fingerprint density at radius 1 is 1.39 bits per heavy atom. The molecular formula is C14H19ClN2O. The van der Waals surface area contributed by atoms with Gasteiger partial charge in [0, 0.05) is 18.0 Å². The normalized spacial score (nSPS) is 19.2. The number of rotatable bonds is 4. The van der Waals surface area contributed by atoms with Crippen LogP contribution >= 0.6 is 11.6 Å². The quantitative estimate of drug-likeness (QED) is 0.911. The van der Waals surface area contributed by atoms with Gasteiger partial charge >= 0.3 is 0 Å². The average molecular weight is 267 g/mol. The number of halogens is 1. The summed E-state index contributed by atoms with van der Waals surface area (Å²) in [5.74, 6) is 0.220. The van der Waals surface area contributed by atoms with E-state index < -0.39 is 0 Å². The molecule has 4 heteroatoms. The lowest BCUT2D eigenvalue weighted by Gasteiger charge is -2.25. The van der Waals surface area contributed by atoms with Crippen LogP contribution in [0.15, 0.2) is 24.3 Å². The Morgan fingerprint density at radius 3 is 2.78 bits per heavy atom. The second kappa shape index (κ2) is 6.21. The molecule has 0 saturated carbocycles. The van der Waals surface area contributed by atoms with Crippen molar-refractivity contribution >= 4 is 17.5 Å². The Bertz CT molecular complexity index is 405. The number of benzene rings is 1. The van der Waals surface area contributed by atoms with Gasteiger partial charge < -0.3 is 10.6 Å². The number of nitrogens with two attached hydrogens (primary N) is 1. The number of hydrogen-bond donors (Lipinski definition) is 1. The Morgan fingerprint density at radius 2 is 2.11 bits per heavy atom. The van der Waals surface area contributed by atoms with Crippen LogP contribution in [0, 0.1) is 0 Å². The predicted molar refractivity (Wildman–Crippen MR) is 73.4 cm³/mol. The van der Waals surface area contributed by atoms with E-state index in [2.05, 4.69) is 0 Å². The molecule has 1 aliphatic heterocycles. The zero-order valence-electron chi connectivity index (χ0n) is 10.4. The molecule has 98 valence electrons. The maximum absolute atomic E-state index is 12.1. The summed E-state index contributed by atoms with van der Waals surface area (Å²) >= 11 is 5.89. The van der Waals surface area contributed by atoms with Crippen LogP contribution in [-0.4, -0.2) is 23.9 Å². The molecule has 1 atom stereocenters. The first-order valence-corrected chi connectivity index (χ1v) is 6.85. The van der Waals surface area contributed by atoms with Gasteiger partial charge in [-0.05, 0) is 43.5 Å². The first kappa shape index (κ1) is 13.4. The van der Waals surface area contributed by atoms with E-state index in [1.807, 2.05) is 29.2 Å². The van der Waals surface area contributed by atoms with Gasteiger partial charge in [-0.25, -0.2) is 0 Å². The summed E-state index contributed by atoms with van der Waals surface area (Å²) in [7, 11) is 0. The van der Waals surface area contributed by atoms with Crippen LogP contribution < -0.4 is 5.73 Å². The molecule has 1 aromatic rings. The van der Waals surface area contributed by atoms with E-state index in [1.54, 1.807) is 0 Å². The zero-order chi connectivity index (χ0) is 13.0. The van der Waals surface area contributed by atoms with Gasteiger partial charge in [-0.1, -0.05) is 23.7 Å². The minimum absolute atomic E-state index is 0.215. The fourth-order valence-corrected chi connectivity index (χ4v) is 2.62. The second-order valence-electron chi connectivity index (χ2n) is 4.69. The fraction of sp³-hybridized carbons (Fsp3) is 0.500. The molecule has 0 bridgehead atoms. The van der Waals surface area contributed by atoms with E-state index in [1.165, 1.54) is 5.56 Å². The molecule has 1 heterocycles. The van der Waals surface area contributed by atoms with Crippen LogP contribution in [0.2, 0.25) is 5.02 Å². The summed E-state index contributed by atoms with van der Waals surface area (Å²) in [6.45, 7) is 1.43. The number of nitrogens with zero attached hydrogens (tertiary/aromatic N) is 1. The van der Waals surface area contributed by atoms with Gasteiger partial charge in [-0.2, -0.15) is 0 Å². The van der Waals surface area contributed by atoms with Gasteiger partial charge in [0.15, 0.2) is 0 Å². The van der Waals surface area contributed by atoms with Gasteiger partial charge in [0.1, 0.15) is 0 Å². The Balaban J connectivity index is 2.07. The van der Waals surface area contributed by atoms with Crippen molar-refractivity contribution in [1.29, 1.82) is 0 Å². The number of carbonyl (C=O) groups excluding carboxylic acids is 1. The van der Waals surface area contributed by atoms with Crippen LogP contribution in [0.3, 0.4) is 0 Å². The highest BCUT2D eigenvalue weighted by Crippen LogP contribution is 2.32. The first-order chi connectivity index (χ1) is 8.72. The van der Waals surface area contributed by atoms with E-state index in [0.717, 1.165) is 30.8 Å². The molecule has 1 aliphatic rings. The highest BCUT2D eigenvalue weighted by molar-refractivity contribution is 6.30. The van der Waals surface area contributed by atoms with Gasteiger partial charge in [0.2, 0.25) is 5.91 Å². The summed E-state index contributed by atoms with van der Waals surface area (Å²) in [5, 5.41) is 0.734. The first-order valence-electron chi connectivity index (χ1n) is 6.47. The summed E-state index contributed by atoms with van der Waals surface area (Å²) in [4.78, 5) is 14.1. The minimum atomic E-state index is 0.215. The Hall–Kier alpha value is -1.06. The van der Waals surface area contributed by atoms with E-state index in [-0.39, 0.29) is 11.9 Å². The van der Waals surface area contributed by atoms with Crippen molar-refractivity contribution in [3.05, 3.63) is 34.9 Å². The van der Waals surface area contributed by atoms with Crippen LogP contribution in [0.1, 0.15) is 37.3 Å². The fourth-order valence-electron chi connectivity index (χ4n) is 2.49.